The van der Waals surface area contributed by atoms with Crippen LogP contribution in [0, 0.1) is 16.7 Å². The van der Waals surface area contributed by atoms with Gasteiger partial charge < -0.3 is 10.2 Å². The van der Waals surface area contributed by atoms with Crippen LogP contribution in [-0.4, -0.2) is 22.4 Å². The van der Waals surface area contributed by atoms with Gasteiger partial charge in [0.1, 0.15) is 0 Å². The molecular weight excluding hydrogens is 512 g/mol. The lowest BCUT2D eigenvalue weighted by Gasteiger charge is -2.38. The lowest BCUT2D eigenvalue weighted by atomic mass is 9.67. The van der Waals surface area contributed by atoms with E-state index in [0.29, 0.717) is 5.92 Å². The van der Waals surface area contributed by atoms with Gasteiger partial charge in [-0.05, 0) is 77.2 Å². The van der Waals surface area contributed by atoms with Crippen LogP contribution in [0.15, 0.2) is 130 Å². The molecule has 0 heterocycles. The van der Waals surface area contributed by atoms with Crippen LogP contribution in [0.4, 0.5) is 0 Å². The molecule has 2 nitrogen and oxygen atoms in total. The summed E-state index contributed by atoms with van der Waals surface area (Å²) in [6.45, 7) is 21.6. The Morgan fingerprint density at radius 1 is 0.714 bits per heavy atom. The van der Waals surface area contributed by atoms with E-state index in [4.69, 9.17) is 0 Å². The first-order valence-corrected chi connectivity index (χ1v) is 15.4. The van der Waals surface area contributed by atoms with E-state index in [2.05, 4.69) is 154 Å². The third kappa shape index (κ3) is 11.7. The molecule has 0 aliphatic heterocycles. The summed E-state index contributed by atoms with van der Waals surface area (Å²) in [5.74, 6) is 0.348. The highest BCUT2D eigenvalue weighted by Crippen LogP contribution is 2.42. The van der Waals surface area contributed by atoms with Crippen molar-refractivity contribution in [3.8, 4) is 0 Å². The molecule has 0 spiro atoms. The van der Waals surface area contributed by atoms with Crippen LogP contribution >= 0.6 is 0 Å². The molecule has 0 aromatic heterocycles. The van der Waals surface area contributed by atoms with Gasteiger partial charge in [-0.3, -0.25) is 0 Å². The van der Waals surface area contributed by atoms with Crippen molar-refractivity contribution in [2.75, 3.05) is 0 Å². The predicted molar refractivity (Wildman–Crippen MR) is 184 cm³/mol. The van der Waals surface area contributed by atoms with Gasteiger partial charge in [0.05, 0.1) is 12.2 Å². The van der Waals surface area contributed by atoms with Gasteiger partial charge in [-0.25, -0.2) is 0 Å². The maximum absolute atomic E-state index is 10.1. The normalized spacial score (nSPS) is 26.6. The summed E-state index contributed by atoms with van der Waals surface area (Å²) in [6, 6.07) is 0. The number of hydrogen-bond acceptors (Lipinski definition) is 2. The molecule has 2 heteroatoms. The molecule has 2 aliphatic carbocycles. The highest BCUT2D eigenvalue weighted by Gasteiger charge is 2.34. The van der Waals surface area contributed by atoms with E-state index in [1.165, 1.54) is 39.0 Å². The molecule has 2 aliphatic rings. The van der Waals surface area contributed by atoms with E-state index in [0.717, 1.165) is 19.3 Å². The van der Waals surface area contributed by atoms with Crippen molar-refractivity contribution >= 4 is 0 Å². The number of hydrogen-bond donors (Lipinski definition) is 2. The Hall–Kier alpha value is -2.94. The maximum Gasteiger partial charge on any atom is 0.0729 e. The molecule has 0 saturated heterocycles. The zero-order valence-corrected chi connectivity index (χ0v) is 27.9. The van der Waals surface area contributed by atoms with Crippen LogP contribution in [-0.2, 0) is 0 Å². The average molecular weight is 569 g/mol. The Labute approximate surface area is 257 Å². The van der Waals surface area contributed by atoms with Gasteiger partial charge in [0.2, 0.25) is 0 Å². The first kappa shape index (κ1) is 35.3. The Morgan fingerprint density at radius 3 is 1.74 bits per heavy atom. The molecule has 0 fully saturated rings. The largest absolute Gasteiger partial charge is 0.393 e. The zero-order valence-electron chi connectivity index (χ0n) is 27.9. The molecule has 2 rings (SSSR count). The van der Waals surface area contributed by atoms with E-state index in [-0.39, 0.29) is 23.0 Å². The van der Waals surface area contributed by atoms with Gasteiger partial charge in [-0.2, -0.15) is 0 Å². The molecule has 0 saturated carbocycles. The summed E-state index contributed by atoms with van der Waals surface area (Å²) in [6.07, 6.45) is 33.8. The Bertz CT molecular complexity index is 1270. The Morgan fingerprint density at radius 2 is 1.21 bits per heavy atom. The van der Waals surface area contributed by atoms with Gasteiger partial charge in [-0.15, -0.1) is 0 Å². The lowest BCUT2D eigenvalue weighted by molar-refractivity contribution is 0.116. The van der Waals surface area contributed by atoms with Crippen molar-refractivity contribution in [3.63, 3.8) is 0 Å². The second kappa shape index (κ2) is 16.1. The summed E-state index contributed by atoms with van der Waals surface area (Å²) in [5.41, 5.74) is 8.73. The third-order valence-electron chi connectivity index (χ3n) is 8.33. The molecule has 0 amide bonds. The number of aliphatic hydroxyl groups excluding tert-OH is 2. The fraction of sp³-hybridized carbons (Fsp3) is 0.450. The van der Waals surface area contributed by atoms with Crippen LogP contribution in [0.3, 0.4) is 0 Å². The first-order valence-electron chi connectivity index (χ1n) is 15.4. The molecule has 42 heavy (non-hydrogen) atoms. The second-order valence-electron chi connectivity index (χ2n) is 13.7. The molecule has 0 aromatic carbocycles. The minimum atomic E-state index is -0.331. The SMILES string of the molecule is CC1=C[C@H](O)CC(C)(C)[C@@H]1/C=C/C(C)=C/C=C/C(C)=C/C=C/C=C(C)\C=C\C=C(C)\C=C\C1=C(C)C[C@H](O)CC1(C)C. The smallest absolute Gasteiger partial charge is 0.0729 e. The second-order valence-corrected chi connectivity index (χ2v) is 13.7. The minimum Gasteiger partial charge on any atom is -0.393 e. The highest BCUT2D eigenvalue weighted by atomic mass is 16.3. The summed E-state index contributed by atoms with van der Waals surface area (Å²) >= 11 is 0. The van der Waals surface area contributed by atoms with Crippen molar-refractivity contribution in [3.05, 3.63) is 130 Å². The quantitative estimate of drug-likeness (QED) is 0.203. The van der Waals surface area contributed by atoms with Crippen LogP contribution < -0.4 is 0 Å². The van der Waals surface area contributed by atoms with E-state index < -0.39 is 0 Å². The molecule has 0 bridgehead atoms. The molecule has 0 aromatic rings. The molecular formula is C40H56O2. The van der Waals surface area contributed by atoms with Crippen molar-refractivity contribution < 1.29 is 10.2 Å². The fourth-order valence-electron chi connectivity index (χ4n) is 6.14. The van der Waals surface area contributed by atoms with E-state index in [1.807, 2.05) is 6.08 Å². The zero-order chi connectivity index (χ0) is 31.5. The van der Waals surface area contributed by atoms with E-state index >= 15 is 0 Å². The van der Waals surface area contributed by atoms with Gasteiger partial charge >= 0.3 is 0 Å². The molecule has 0 unspecified atom stereocenters. The monoisotopic (exact) mass is 568 g/mol. The minimum absolute atomic E-state index is 0.00528. The first-order chi connectivity index (χ1) is 19.6. The standard InChI is InChI=1S/C40H56O2/c1-29(17-13-19-31(3)21-23-37-33(5)25-35(41)27-39(37,7)8)15-11-12-16-30(2)18-14-20-32(4)22-24-38-34(6)26-36(42)28-40(38,9)10/h11-25,35-37,41-42H,26-28H2,1-10H3/b12-11+,17-13+,18-14+,23-21+,24-22+,29-15+,30-16-,31-19+,32-20+/t35-,36-,37+/m0/s1. The number of aliphatic hydroxyl groups is 2. The molecule has 2 N–H and O–H groups in total. The van der Waals surface area contributed by atoms with E-state index in [9.17, 15) is 10.2 Å². The Balaban J connectivity index is 1.90. The van der Waals surface area contributed by atoms with Crippen LogP contribution in [0.1, 0.15) is 88.5 Å². The summed E-state index contributed by atoms with van der Waals surface area (Å²) in [5, 5.41) is 20.2. The Kier molecular flexibility index (Phi) is 13.5. The molecule has 228 valence electrons. The van der Waals surface area contributed by atoms with E-state index in [1.54, 1.807) is 0 Å². The van der Waals surface area contributed by atoms with Crippen molar-refractivity contribution in [1.29, 1.82) is 0 Å². The number of rotatable bonds is 10. The maximum atomic E-state index is 10.1. The van der Waals surface area contributed by atoms with Gasteiger partial charge in [0, 0.05) is 5.92 Å². The summed E-state index contributed by atoms with van der Waals surface area (Å²) < 4.78 is 0. The van der Waals surface area contributed by atoms with Gasteiger partial charge in [0.15, 0.2) is 0 Å². The van der Waals surface area contributed by atoms with Crippen LogP contribution in [0.2, 0.25) is 0 Å². The third-order valence-corrected chi connectivity index (χ3v) is 8.33. The van der Waals surface area contributed by atoms with Crippen LogP contribution in [0.25, 0.3) is 0 Å². The average Bonchev–Trinajstić information content (AvgIpc) is 2.84. The van der Waals surface area contributed by atoms with Gasteiger partial charge in [0.25, 0.3) is 0 Å². The predicted octanol–water partition coefficient (Wildman–Crippen LogP) is 10.4. The lowest BCUT2D eigenvalue weighted by Crippen LogP contribution is -2.32. The summed E-state index contributed by atoms with van der Waals surface area (Å²) in [4.78, 5) is 0. The van der Waals surface area contributed by atoms with Crippen molar-refractivity contribution in [2.45, 2.75) is 101 Å². The van der Waals surface area contributed by atoms with Crippen molar-refractivity contribution in [1.82, 2.24) is 0 Å². The van der Waals surface area contributed by atoms with Crippen LogP contribution in [0.5, 0.6) is 0 Å². The summed E-state index contributed by atoms with van der Waals surface area (Å²) in [7, 11) is 0. The molecule has 3 atom stereocenters. The van der Waals surface area contributed by atoms with Gasteiger partial charge in [-0.1, -0.05) is 152 Å². The van der Waals surface area contributed by atoms with Crippen molar-refractivity contribution in [2.24, 2.45) is 16.7 Å². The topological polar surface area (TPSA) is 40.5 Å². The number of allylic oxidation sites excluding steroid dienone is 20. The molecule has 0 radical (unpaired) electrons. The fourth-order valence-corrected chi connectivity index (χ4v) is 6.14. The highest BCUT2D eigenvalue weighted by molar-refractivity contribution is 5.38.